The van der Waals surface area contributed by atoms with Gasteiger partial charge in [-0.25, -0.2) is 0 Å². The minimum Gasteiger partial charge on any atom is -0.368 e. The summed E-state index contributed by atoms with van der Waals surface area (Å²) in [6.45, 7) is -1.06. The van der Waals surface area contributed by atoms with Crippen LogP contribution >= 0.6 is 0 Å². The lowest BCUT2D eigenvalue weighted by atomic mass is 9.67. The zero-order chi connectivity index (χ0) is 12.0. The van der Waals surface area contributed by atoms with Gasteiger partial charge in [-0.3, -0.25) is 0 Å². The highest BCUT2D eigenvalue weighted by atomic mass is 19.4. The molecule has 0 N–H and O–H groups in total. The molecule has 4 saturated carbocycles. The van der Waals surface area contributed by atoms with E-state index in [0.717, 1.165) is 37.5 Å². The number of hydrogen-bond acceptors (Lipinski definition) is 1. The van der Waals surface area contributed by atoms with Crippen LogP contribution in [0, 0.1) is 23.7 Å². The minimum atomic E-state index is -4.18. The van der Waals surface area contributed by atoms with Gasteiger partial charge in [-0.05, 0) is 55.8 Å². The summed E-state index contributed by atoms with van der Waals surface area (Å²) >= 11 is 0. The Labute approximate surface area is 99.7 Å². The van der Waals surface area contributed by atoms with Crippen LogP contribution in [0.25, 0.3) is 0 Å². The van der Waals surface area contributed by atoms with Crippen LogP contribution in [0.2, 0.25) is 0 Å². The highest BCUT2D eigenvalue weighted by Crippen LogP contribution is 2.52. The zero-order valence-corrected chi connectivity index (χ0v) is 9.88. The lowest BCUT2D eigenvalue weighted by molar-refractivity contribution is -0.203. The molecule has 4 aliphatic carbocycles. The summed E-state index contributed by atoms with van der Waals surface area (Å²) in [5.74, 6) is 2.34. The summed E-state index contributed by atoms with van der Waals surface area (Å²) in [5, 5.41) is 0. The Bertz CT molecular complexity index is 281. The number of alkyl halides is 3. The molecule has 1 nitrogen and oxygen atoms in total. The normalized spacial score (nSPS) is 45.0. The molecule has 98 valence electrons. The van der Waals surface area contributed by atoms with Crippen LogP contribution in [0.3, 0.4) is 0 Å². The molecule has 0 unspecified atom stereocenters. The Hall–Kier alpha value is -0.250. The summed E-state index contributed by atoms with van der Waals surface area (Å²) in [6.07, 6.45) is 2.64. The Balaban J connectivity index is 1.68. The molecule has 4 fully saturated rings. The lowest BCUT2D eigenvalue weighted by Crippen LogP contribution is -2.42. The molecule has 0 spiro atoms. The van der Waals surface area contributed by atoms with Gasteiger partial charge in [-0.15, -0.1) is 0 Å². The van der Waals surface area contributed by atoms with Crippen molar-refractivity contribution in [3.8, 4) is 0 Å². The first-order valence-corrected chi connectivity index (χ1v) is 6.69. The molecule has 0 radical (unpaired) electrons. The van der Waals surface area contributed by atoms with Gasteiger partial charge in [0, 0.05) is 0 Å². The number of hydrogen-bond donors (Lipinski definition) is 0. The van der Waals surface area contributed by atoms with Crippen LogP contribution in [-0.2, 0) is 4.74 Å². The smallest absolute Gasteiger partial charge is 0.368 e. The van der Waals surface area contributed by atoms with Crippen LogP contribution in [-0.4, -0.2) is 18.9 Å². The first-order valence-electron chi connectivity index (χ1n) is 6.69. The number of rotatable bonds is 2. The quantitative estimate of drug-likeness (QED) is 0.677. The maximum absolute atomic E-state index is 12.2. The van der Waals surface area contributed by atoms with Crippen LogP contribution in [0.5, 0.6) is 0 Å². The van der Waals surface area contributed by atoms with Crippen LogP contribution < -0.4 is 0 Å². The maximum Gasteiger partial charge on any atom is 0.411 e. The van der Waals surface area contributed by atoms with E-state index in [0.29, 0.717) is 11.8 Å². The van der Waals surface area contributed by atoms with Gasteiger partial charge in [-0.2, -0.15) is 13.2 Å². The summed E-state index contributed by atoms with van der Waals surface area (Å²) in [4.78, 5) is 0. The molecule has 0 aromatic carbocycles. The Morgan fingerprint density at radius 1 is 0.882 bits per heavy atom. The largest absolute Gasteiger partial charge is 0.411 e. The number of halogens is 3. The van der Waals surface area contributed by atoms with Crippen LogP contribution in [0.4, 0.5) is 13.2 Å². The summed E-state index contributed by atoms with van der Waals surface area (Å²) in [6, 6.07) is 0. The molecule has 0 amide bonds. The van der Waals surface area contributed by atoms with Gasteiger partial charge in [0.15, 0.2) is 0 Å². The van der Waals surface area contributed by atoms with Gasteiger partial charge >= 0.3 is 6.18 Å². The van der Waals surface area contributed by atoms with E-state index in [1.165, 1.54) is 12.8 Å². The molecule has 0 aliphatic heterocycles. The van der Waals surface area contributed by atoms with Gasteiger partial charge in [0.05, 0.1) is 6.10 Å². The lowest BCUT2D eigenvalue weighted by Gasteiger charge is -2.44. The SMILES string of the molecule is FC(F)(F)CO[C@@H]1[C@@H]2C[C@H]3C[C@H](C[13CH2][C@@H]1C3)C2. The van der Waals surface area contributed by atoms with Gasteiger partial charge in [0.1, 0.15) is 6.61 Å². The Kier molecular flexibility index (Phi) is 2.88. The summed E-state index contributed by atoms with van der Waals surface area (Å²) in [7, 11) is 0. The van der Waals surface area contributed by atoms with Crippen molar-refractivity contribution in [2.24, 2.45) is 23.7 Å². The van der Waals surface area contributed by atoms with E-state index in [9.17, 15) is 13.2 Å². The van der Waals surface area contributed by atoms with E-state index in [-0.39, 0.29) is 6.10 Å². The van der Waals surface area contributed by atoms with Crippen molar-refractivity contribution < 1.29 is 17.9 Å². The standard InChI is InChI=1S/C13H19F3O/c14-13(15,16)7-17-12-10-2-1-8-3-9(5-10)6-11(12)4-8/h8-12H,1-7H2/t8-,9-,10+,11-,12-/m0/s1/i2+1. The molecule has 5 atom stereocenters. The van der Waals surface area contributed by atoms with E-state index >= 15 is 0 Å². The van der Waals surface area contributed by atoms with E-state index in [1.807, 2.05) is 0 Å². The topological polar surface area (TPSA) is 9.23 Å². The van der Waals surface area contributed by atoms with Crippen molar-refractivity contribution in [2.75, 3.05) is 6.61 Å². The predicted molar refractivity (Wildman–Crippen MR) is 57.5 cm³/mol. The van der Waals surface area contributed by atoms with Gasteiger partial charge in [0.25, 0.3) is 0 Å². The Morgan fingerprint density at radius 3 is 2.35 bits per heavy atom. The molecule has 0 aromatic rings. The fourth-order valence-corrected chi connectivity index (χ4v) is 4.45. The predicted octanol–water partition coefficient (Wildman–Crippen LogP) is 3.78. The highest BCUT2D eigenvalue weighted by molar-refractivity contribution is 4.96. The van der Waals surface area contributed by atoms with Gasteiger partial charge in [0.2, 0.25) is 0 Å². The van der Waals surface area contributed by atoms with E-state index in [2.05, 4.69) is 0 Å². The van der Waals surface area contributed by atoms with Crippen molar-refractivity contribution in [2.45, 2.75) is 50.8 Å². The zero-order valence-electron chi connectivity index (χ0n) is 9.88. The van der Waals surface area contributed by atoms with Crippen LogP contribution in [0.1, 0.15) is 38.5 Å². The van der Waals surface area contributed by atoms with E-state index in [1.54, 1.807) is 0 Å². The van der Waals surface area contributed by atoms with Crippen molar-refractivity contribution >= 4 is 0 Å². The molecule has 0 aromatic heterocycles. The monoisotopic (exact) mass is 249 g/mol. The second kappa shape index (κ2) is 4.15. The third-order valence-electron chi connectivity index (χ3n) is 4.89. The summed E-state index contributed by atoms with van der Waals surface area (Å²) < 4.78 is 42.0. The first-order chi connectivity index (χ1) is 8.01. The second-order valence-electron chi connectivity index (χ2n) is 6.16. The molecule has 4 heteroatoms. The fourth-order valence-electron chi connectivity index (χ4n) is 4.45. The molecule has 4 bridgehead atoms. The average Bonchev–Trinajstić information content (AvgIpc) is 2.42. The molecule has 0 heterocycles. The highest BCUT2D eigenvalue weighted by Gasteiger charge is 2.46. The van der Waals surface area contributed by atoms with Crippen LogP contribution in [0.15, 0.2) is 0 Å². The van der Waals surface area contributed by atoms with E-state index in [4.69, 9.17) is 4.74 Å². The van der Waals surface area contributed by atoms with E-state index < -0.39 is 12.8 Å². The molecular weight excluding hydrogens is 230 g/mol. The Morgan fingerprint density at radius 2 is 1.59 bits per heavy atom. The maximum atomic E-state index is 12.2. The van der Waals surface area contributed by atoms with Crippen molar-refractivity contribution in [3.63, 3.8) is 0 Å². The number of ether oxygens (including phenoxy) is 1. The fraction of sp³-hybridized carbons (Fsp3) is 1.00. The molecule has 4 rings (SSSR count). The minimum absolute atomic E-state index is 0.113. The molecule has 4 aliphatic rings. The van der Waals surface area contributed by atoms with Crippen molar-refractivity contribution in [1.29, 1.82) is 0 Å². The van der Waals surface area contributed by atoms with Gasteiger partial charge < -0.3 is 4.74 Å². The molecular formula is C13H19F3O. The third kappa shape index (κ3) is 2.47. The third-order valence-corrected chi connectivity index (χ3v) is 4.89. The van der Waals surface area contributed by atoms with Crippen molar-refractivity contribution in [3.05, 3.63) is 0 Å². The molecule has 17 heavy (non-hydrogen) atoms. The average molecular weight is 249 g/mol. The second-order valence-corrected chi connectivity index (χ2v) is 6.16. The van der Waals surface area contributed by atoms with Gasteiger partial charge in [-0.1, -0.05) is 6.42 Å². The first kappa shape index (κ1) is 11.8. The summed E-state index contributed by atoms with van der Waals surface area (Å²) in [5.41, 5.74) is 0. The molecule has 0 saturated heterocycles. The number of fused-ring (bicyclic) bond motifs is 1. The van der Waals surface area contributed by atoms with Crippen molar-refractivity contribution in [1.82, 2.24) is 0 Å².